The summed E-state index contributed by atoms with van der Waals surface area (Å²) in [6, 6.07) is 18.8. The first kappa shape index (κ1) is 25.8. The monoisotopic (exact) mass is 503 g/mol. The molecular weight excluding hydrogens is 473 g/mol. The number of amides is 2. The highest BCUT2D eigenvalue weighted by molar-refractivity contribution is 6.01. The molecule has 192 valence electrons. The summed E-state index contributed by atoms with van der Waals surface area (Å²) in [6.07, 6.45) is 0. The highest BCUT2D eigenvalue weighted by Crippen LogP contribution is 2.32. The Bertz CT molecular complexity index is 1410. The molecule has 0 fully saturated rings. The number of para-hydroxylation sites is 1. The number of anilines is 1. The number of nitrogens with one attached hydrogen (secondary N) is 1. The van der Waals surface area contributed by atoms with Gasteiger partial charge in [0.2, 0.25) is 11.8 Å². The van der Waals surface area contributed by atoms with Crippen molar-refractivity contribution in [2.75, 3.05) is 11.5 Å². The molecular formula is C28H30FN5O3. The molecule has 1 atom stereocenters. The second-order valence-corrected chi connectivity index (χ2v) is 9.59. The van der Waals surface area contributed by atoms with E-state index in [1.54, 1.807) is 42.5 Å². The number of ether oxygens (including phenoxy) is 1. The van der Waals surface area contributed by atoms with Crippen LogP contribution in [0.5, 0.6) is 5.75 Å². The minimum atomic E-state index is -1.29. The molecule has 8 nitrogen and oxygen atoms in total. The Labute approximate surface area is 215 Å². The lowest BCUT2D eigenvalue weighted by Crippen LogP contribution is -2.50. The summed E-state index contributed by atoms with van der Waals surface area (Å²) < 4.78 is 22.3. The third-order valence-corrected chi connectivity index (χ3v) is 5.59. The van der Waals surface area contributed by atoms with E-state index in [-0.39, 0.29) is 12.1 Å². The maximum atomic E-state index is 15.2. The van der Waals surface area contributed by atoms with Gasteiger partial charge in [0, 0.05) is 22.9 Å². The van der Waals surface area contributed by atoms with E-state index in [0.29, 0.717) is 29.1 Å². The first-order valence-electron chi connectivity index (χ1n) is 12.1. The number of hydrogen-bond acceptors (Lipinski definition) is 5. The summed E-state index contributed by atoms with van der Waals surface area (Å²) in [4.78, 5) is 29.0. The average Bonchev–Trinajstić information content (AvgIpc) is 3.25. The fourth-order valence-electron chi connectivity index (χ4n) is 4.10. The molecule has 0 aliphatic heterocycles. The van der Waals surface area contributed by atoms with Gasteiger partial charge in [0.25, 0.3) is 0 Å². The molecule has 4 aromatic rings. The van der Waals surface area contributed by atoms with Gasteiger partial charge >= 0.3 is 0 Å². The zero-order valence-corrected chi connectivity index (χ0v) is 21.3. The second kappa shape index (κ2) is 10.8. The molecule has 0 saturated heterocycles. The summed E-state index contributed by atoms with van der Waals surface area (Å²) in [5, 5.41) is 11.2. The topological polar surface area (TPSA) is 89.3 Å². The lowest BCUT2D eigenvalue weighted by Gasteiger charge is -2.34. The minimum absolute atomic E-state index is 0.0721. The number of rotatable bonds is 8. The lowest BCUT2D eigenvalue weighted by atomic mass is 10.00. The van der Waals surface area contributed by atoms with Crippen LogP contribution in [0.25, 0.3) is 11.0 Å². The van der Waals surface area contributed by atoms with Crippen LogP contribution in [0.15, 0.2) is 72.8 Å². The van der Waals surface area contributed by atoms with Gasteiger partial charge in [-0.25, -0.2) is 9.07 Å². The molecule has 1 aromatic heterocycles. The third-order valence-electron chi connectivity index (χ3n) is 5.59. The van der Waals surface area contributed by atoms with Crippen molar-refractivity contribution in [2.45, 2.75) is 45.8 Å². The predicted octanol–water partition coefficient (Wildman–Crippen LogP) is 4.66. The van der Waals surface area contributed by atoms with E-state index < -0.39 is 29.2 Å². The Kier molecular flexibility index (Phi) is 7.52. The molecule has 0 spiro atoms. The predicted molar refractivity (Wildman–Crippen MR) is 140 cm³/mol. The van der Waals surface area contributed by atoms with Crippen LogP contribution in [0, 0.1) is 5.82 Å². The van der Waals surface area contributed by atoms with Gasteiger partial charge in [-0.05, 0) is 58.0 Å². The molecule has 1 N–H and O–H groups in total. The molecule has 37 heavy (non-hydrogen) atoms. The van der Waals surface area contributed by atoms with Crippen molar-refractivity contribution in [2.24, 2.45) is 0 Å². The van der Waals surface area contributed by atoms with Gasteiger partial charge in [0.15, 0.2) is 0 Å². The number of carbonyl (C=O) groups excluding carboxylic acids is 2. The minimum Gasteiger partial charge on any atom is -0.494 e. The molecule has 1 unspecified atom stereocenters. The number of halogens is 1. The van der Waals surface area contributed by atoms with Crippen LogP contribution in [-0.2, 0) is 16.1 Å². The van der Waals surface area contributed by atoms with E-state index in [1.165, 1.54) is 21.7 Å². The number of nitrogens with zero attached hydrogens (tertiary/aromatic N) is 4. The normalized spacial score (nSPS) is 12.2. The van der Waals surface area contributed by atoms with E-state index in [1.807, 2.05) is 45.9 Å². The van der Waals surface area contributed by atoms with Gasteiger partial charge in [0.05, 0.1) is 12.1 Å². The van der Waals surface area contributed by atoms with E-state index in [4.69, 9.17) is 4.74 Å². The fourth-order valence-corrected chi connectivity index (χ4v) is 4.10. The number of benzene rings is 3. The van der Waals surface area contributed by atoms with Crippen molar-refractivity contribution in [3.63, 3.8) is 0 Å². The summed E-state index contributed by atoms with van der Waals surface area (Å²) >= 11 is 0. The van der Waals surface area contributed by atoms with E-state index >= 15 is 4.39 Å². The summed E-state index contributed by atoms with van der Waals surface area (Å²) in [5.74, 6) is -1.06. The molecule has 0 aliphatic carbocycles. The number of hydrogen-bond donors (Lipinski definition) is 1. The SMILES string of the molecule is CCOc1cccc(N(C(=O)Cn2nnc3ccccc32)C(C(=O)NC(C)(C)C)c2ccccc2F)c1. The average molecular weight is 504 g/mol. The van der Waals surface area contributed by atoms with Crippen LogP contribution in [0.2, 0.25) is 0 Å². The molecule has 0 saturated carbocycles. The Hall–Kier alpha value is -4.27. The zero-order valence-electron chi connectivity index (χ0n) is 21.3. The number of fused-ring (bicyclic) bond motifs is 1. The smallest absolute Gasteiger partial charge is 0.249 e. The van der Waals surface area contributed by atoms with E-state index in [2.05, 4.69) is 15.6 Å². The van der Waals surface area contributed by atoms with Gasteiger partial charge < -0.3 is 10.1 Å². The van der Waals surface area contributed by atoms with Crippen molar-refractivity contribution < 1.29 is 18.7 Å². The maximum absolute atomic E-state index is 15.2. The first-order valence-corrected chi connectivity index (χ1v) is 12.1. The van der Waals surface area contributed by atoms with Crippen LogP contribution in [-0.4, -0.2) is 39.0 Å². The Morgan fingerprint density at radius 3 is 2.51 bits per heavy atom. The summed E-state index contributed by atoms with van der Waals surface area (Å²) in [6.45, 7) is 7.53. The van der Waals surface area contributed by atoms with Gasteiger partial charge in [-0.15, -0.1) is 5.10 Å². The van der Waals surface area contributed by atoms with Crippen LogP contribution in [0.1, 0.15) is 39.3 Å². The number of aromatic nitrogens is 3. The first-order chi connectivity index (χ1) is 17.7. The Balaban J connectivity index is 1.85. The third kappa shape index (κ3) is 5.94. The zero-order chi connectivity index (χ0) is 26.6. The molecule has 0 bridgehead atoms. The van der Waals surface area contributed by atoms with Crippen molar-refractivity contribution in [3.05, 3.63) is 84.2 Å². The summed E-state index contributed by atoms with van der Waals surface area (Å²) in [7, 11) is 0. The Morgan fingerprint density at radius 1 is 1.05 bits per heavy atom. The molecule has 3 aromatic carbocycles. The lowest BCUT2D eigenvalue weighted by molar-refractivity contribution is -0.128. The molecule has 2 amide bonds. The fraction of sp³-hybridized carbons (Fsp3) is 0.286. The highest BCUT2D eigenvalue weighted by Gasteiger charge is 2.36. The largest absolute Gasteiger partial charge is 0.494 e. The summed E-state index contributed by atoms with van der Waals surface area (Å²) in [5.41, 5.74) is 1.14. The standard InChI is InChI=1S/C28H30FN5O3/c1-5-37-20-12-10-11-19(17-20)34(25(35)18-33-24-16-9-8-15-23(24)31-32-33)26(27(36)30-28(2,3)4)21-13-6-7-14-22(21)29/h6-17,26H,5,18H2,1-4H3,(H,30,36). The van der Waals surface area contributed by atoms with Crippen LogP contribution < -0.4 is 15.0 Å². The molecule has 0 aliphatic rings. The van der Waals surface area contributed by atoms with Crippen LogP contribution in [0.3, 0.4) is 0 Å². The highest BCUT2D eigenvalue weighted by atomic mass is 19.1. The van der Waals surface area contributed by atoms with E-state index in [9.17, 15) is 9.59 Å². The number of carbonyl (C=O) groups is 2. The molecule has 1 heterocycles. The van der Waals surface area contributed by atoms with Crippen molar-refractivity contribution in [3.8, 4) is 5.75 Å². The van der Waals surface area contributed by atoms with Crippen LogP contribution in [0.4, 0.5) is 10.1 Å². The molecule has 4 rings (SSSR count). The Morgan fingerprint density at radius 2 is 1.78 bits per heavy atom. The maximum Gasteiger partial charge on any atom is 0.249 e. The molecule has 0 radical (unpaired) electrons. The second-order valence-electron chi connectivity index (χ2n) is 9.59. The van der Waals surface area contributed by atoms with Crippen molar-refractivity contribution >= 4 is 28.5 Å². The van der Waals surface area contributed by atoms with Gasteiger partial charge in [-0.2, -0.15) is 0 Å². The van der Waals surface area contributed by atoms with Gasteiger partial charge in [-0.3, -0.25) is 14.5 Å². The van der Waals surface area contributed by atoms with Gasteiger partial charge in [-0.1, -0.05) is 41.6 Å². The van der Waals surface area contributed by atoms with E-state index in [0.717, 1.165) is 0 Å². The van der Waals surface area contributed by atoms with Crippen molar-refractivity contribution in [1.29, 1.82) is 0 Å². The molecule has 9 heteroatoms. The van der Waals surface area contributed by atoms with Crippen molar-refractivity contribution in [1.82, 2.24) is 20.3 Å². The van der Waals surface area contributed by atoms with Crippen LogP contribution >= 0.6 is 0 Å². The quantitative estimate of drug-likeness (QED) is 0.378. The van der Waals surface area contributed by atoms with Gasteiger partial charge in [0.1, 0.15) is 29.7 Å².